The van der Waals surface area contributed by atoms with Gasteiger partial charge in [-0.25, -0.2) is 0 Å². The summed E-state index contributed by atoms with van der Waals surface area (Å²) in [4.78, 5) is 12.4. The summed E-state index contributed by atoms with van der Waals surface area (Å²) in [6.45, 7) is 8.60. The molecule has 0 aliphatic heterocycles. The second-order valence-electron chi connectivity index (χ2n) is 5.47. The Bertz CT molecular complexity index is 473. The van der Waals surface area contributed by atoms with Gasteiger partial charge in [0.2, 0.25) is 0 Å². The van der Waals surface area contributed by atoms with Crippen molar-refractivity contribution in [2.45, 2.75) is 52.6 Å². The zero-order valence-electron chi connectivity index (χ0n) is 13.8. The van der Waals surface area contributed by atoms with Crippen LogP contribution in [-0.2, 0) is 9.53 Å². The number of aryl methyl sites for hydroxylation is 1. The van der Waals surface area contributed by atoms with E-state index in [1.54, 1.807) is 7.11 Å². The summed E-state index contributed by atoms with van der Waals surface area (Å²) in [6.07, 6.45) is 2.55. The summed E-state index contributed by atoms with van der Waals surface area (Å²) < 4.78 is 11.0. The average Bonchev–Trinajstić information content (AvgIpc) is 2.46. The Morgan fingerprint density at radius 3 is 2.52 bits per heavy atom. The monoisotopic (exact) mass is 293 g/mol. The van der Waals surface area contributed by atoms with Crippen molar-refractivity contribution >= 4 is 11.6 Å². The number of anilines is 1. The van der Waals surface area contributed by atoms with Crippen molar-refractivity contribution in [1.82, 2.24) is 0 Å². The Kier molecular flexibility index (Phi) is 6.69. The van der Waals surface area contributed by atoms with E-state index in [0.29, 0.717) is 13.0 Å². The number of hydrogen-bond acceptors (Lipinski definition) is 3. The zero-order valence-corrected chi connectivity index (χ0v) is 13.8. The van der Waals surface area contributed by atoms with E-state index in [-0.39, 0.29) is 5.91 Å². The lowest BCUT2D eigenvalue weighted by molar-refractivity contribution is -0.136. The first-order valence-electron chi connectivity index (χ1n) is 7.57. The molecule has 21 heavy (non-hydrogen) atoms. The SMILES string of the molecule is CCCOc1ccc(NC(=O)C(C)(CCC)OC)cc1C. The first-order valence-corrected chi connectivity index (χ1v) is 7.57. The van der Waals surface area contributed by atoms with Crippen molar-refractivity contribution in [2.24, 2.45) is 0 Å². The Balaban J connectivity index is 2.79. The van der Waals surface area contributed by atoms with E-state index in [1.165, 1.54) is 0 Å². The largest absolute Gasteiger partial charge is 0.493 e. The van der Waals surface area contributed by atoms with E-state index in [4.69, 9.17) is 9.47 Å². The first kappa shape index (κ1) is 17.5. The fraction of sp³-hybridized carbons (Fsp3) is 0.588. The summed E-state index contributed by atoms with van der Waals surface area (Å²) in [5.41, 5.74) is 0.983. The van der Waals surface area contributed by atoms with Gasteiger partial charge in [0.25, 0.3) is 5.91 Å². The molecular formula is C17H27NO3. The van der Waals surface area contributed by atoms with E-state index in [0.717, 1.165) is 29.8 Å². The molecule has 0 aromatic heterocycles. The number of ether oxygens (including phenoxy) is 2. The highest BCUT2D eigenvalue weighted by molar-refractivity contribution is 5.97. The maximum Gasteiger partial charge on any atom is 0.256 e. The summed E-state index contributed by atoms with van der Waals surface area (Å²) in [6, 6.07) is 5.67. The minimum absolute atomic E-state index is 0.117. The summed E-state index contributed by atoms with van der Waals surface area (Å²) >= 11 is 0. The number of amides is 1. The third-order valence-corrected chi connectivity index (χ3v) is 3.55. The molecule has 4 heteroatoms. The normalized spacial score (nSPS) is 13.6. The van der Waals surface area contributed by atoms with Gasteiger partial charge in [-0.05, 0) is 50.5 Å². The molecule has 0 heterocycles. The topological polar surface area (TPSA) is 47.6 Å². The van der Waals surface area contributed by atoms with Crippen molar-refractivity contribution in [1.29, 1.82) is 0 Å². The van der Waals surface area contributed by atoms with Crippen LogP contribution < -0.4 is 10.1 Å². The predicted octanol–water partition coefficient (Wildman–Crippen LogP) is 3.93. The van der Waals surface area contributed by atoms with Crippen LogP contribution in [0.4, 0.5) is 5.69 Å². The molecule has 0 fully saturated rings. The molecule has 118 valence electrons. The van der Waals surface area contributed by atoms with Gasteiger partial charge in [-0.1, -0.05) is 20.3 Å². The minimum atomic E-state index is -0.792. The van der Waals surface area contributed by atoms with Gasteiger partial charge in [-0.15, -0.1) is 0 Å². The van der Waals surface area contributed by atoms with Gasteiger partial charge in [-0.3, -0.25) is 4.79 Å². The van der Waals surface area contributed by atoms with Crippen LogP contribution in [0.5, 0.6) is 5.75 Å². The number of methoxy groups -OCH3 is 1. The molecule has 0 saturated carbocycles. The van der Waals surface area contributed by atoms with Crippen LogP contribution in [0.2, 0.25) is 0 Å². The molecule has 0 radical (unpaired) electrons. The van der Waals surface area contributed by atoms with Gasteiger partial charge in [0.15, 0.2) is 0 Å². The fourth-order valence-corrected chi connectivity index (χ4v) is 2.15. The Labute approximate surface area is 127 Å². The zero-order chi connectivity index (χ0) is 15.9. The lowest BCUT2D eigenvalue weighted by Gasteiger charge is -2.26. The molecule has 1 unspecified atom stereocenters. The van der Waals surface area contributed by atoms with Crippen LogP contribution >= 0.6 is 0 Å². The molecule has 1 atom stereocenters. The van der Waals surface area contributed by atoms with E-state index in [1.807, 2.05) is 39.0 Å². The molecule has 0 bridgehead atoms. The van der Waals surface area contributed by atoms with Gasteiger partial charge >= 0.3 is 0 Å². The Hall–Kier alpha value is -1.55. The van der Waals surface area contributed by atoms with Crippen molar-refractivity contribution in [2.75, 3.05) is 19.0 Å². The molecule has 0 saturated heterocycles. The molecule has 1 aromatic carbocycles. The van der Waals surface area contributed by atoms with Crippen LogP contribution in [-0.4, -0.2) is 25.2 Å². The van der Waals surface area contributed by atoms with Gasteiger partial charge < -0.3 is 14.8 Å². The smallest absolute Gasteiger partial charge is 0.256 e. The number of rotatable bonds is 8. The van der Waals surface area contributed by atoms with Crippen molar-refractivity contribution in [3.63, 3.8) is 0 Å². The van der Waals surface area contributed by atoms with Gasteiger partial charge in [0.05, 0.1) is 6.61 Å². The van der Waals surface area contributed by atoms with Gasteiger partial charge in [0.1, 0.15) is 11.4 Å². The summed E-state index contributed by atoms with van der Waals surface area (Å²) in [7, 11) is 1.57. The molecular weight excluding hydrogens is 266 g/mol. The van der Waals surface area contributed by atoms with E-state index >= 15 is 0 Å². The maximum atomic E-state index is 12.4. The van der Waals surface area contributed by atoms with E-state index in [2.05, 4.69) is 12.2 Å². The fourth-order valence-electron chi connectivity index (χ4n) is 2.15. The second kappa shape index (κ2) is 8.03. The molecule has 4 nitrogen and oxygen atoms in total. The molecule has 0 spiro atoms. The summed E-state index contributed by atoms with van der Waals surface area (Å²) in [5, 5.41) is 2.92. The number of carbonyl (C=O) groups is 1. The highest BCUT2D eigenvalue weighted by Crippen LogP contribution is 2.24. The lowest BCUT2D eigenvalue weighted by Crippen LogP contribution is -2.41. The number of nitrogens with one attached hydrogen (secondary N) is 1. The average molecular weight is 293 g/mol. The summed E-state index contributed by atoms with van der Waals surface area (Å²) in [5.74, 6) is 0.742. The maximum absolute atomic E-state index is 12.4. The highest BCUT2D eigenvalue weighted by Gasteiger charge is 2.32. The number of hydrogen-bond donors (Lipinski definition) is 1. The lowest BCUT2D eigenvalue weighted by atomic mass is 9.99. The molecule has 1 amide bonds. The van der Waals surface area contributed by atoms with E-state index in [9.17, 15) is 4.79 Å². The van der Waals surface area contributed by atoms with Crippen LogP contribution in [0.3, 0.4) is 0 Å². The standard InChI is InChI=1S/C17H27NO3/c1-6-10-17(4,20-5)16(19)18-14-8-9-15(13(3)12-14)21-11-7-2/h8-9,12H,6-7,10-11H2,1-5H3,(H,18,19). The van der Waals surface area contributed by atoms with Crippen molar-refractivity contribution < 1.29 is 14.3 Å². The molecule has 0 aliphatic rings. The molecule has 0 aliphatic carbocycles. The number of benzene rings is 1. The van der Waals surface area contributed by atoms with Crippen LogP contribution in [0.25, 0.3) is 0 Å². The molecule has 1 N–H and O–H groups in total. The Morgan fingerprint density at radius 2 is 2.00 bits per heavy atom. The second-order valence-corrected chi connectivity index (χ2v) is 5.47. The first-order chi connectivity index (χ1) is 9.96. The minimum Gasteiger partial charge on any atom is -0.493 e. The third kappa shape index (κ3) is 4.74. The third-order valence-electron chi connectivity index (χ3n) is 3.55. The highest BCUT2D eigenvalue weighted by atomic mass is 16.5. The number of carbonyl (C=O) groups excluding carboxylic acids is 1. The Morgan fingerprint density at radius 1 is 1.29 bits per heavy atom. The quantitative estimate of drug-likeness (QED) is 0.790. The van der Waals surface area contributed by atoms with E-state index < -0.39 is 5.60 Å². The predicted molar refractivity (Wildman–Crippen MR) is 85.9 cm³/mol. The molecule has 1 rings (SSSR count). The van der Waals surface area contributed by atoms with Gasteiger partial charge in [-0.2, -0.15) is 0 Å². The van der Waals surface area contributed by atoms with Gasteiger partial charge in [0, 0.05) is 12.8 Å². The van der Waals surface area contributed by atoms with Crippen molar-refractivity contribution in [3.05, 3.63) is 23.8 Å². The van der Waals surface area contributed by atoms with Crippen LogP contribution in [0.15, 0.2) is 18.2 Å². The molecule has 1 aromatic rings. The van der Waals surface area contributed by atoms with Crippen LogP contribution in [0.1, 0.15) is 45.6 Å². The van der Waals surface area contributed by atoms with Crippen LogP contribution in [0, 0.1) is 6.92 Å². The van der Waals surface area contributed by atoms with Crippen molar-refractivity contribution in [3.8, 4) is 5.75 Å².